The van der Waals surface area contributed by atoms with Gasteiger partial charge in [0, 0.05) is 16.3 Å². The summed E-state index contributed by atoms with van der Waals surface area (Å²) in [6.07, 6.45) is 1.38. The van der Waals surface area contributed by atoms with E-state index in [1.165, 1.54) is 22.2 Å². The quantitative estimate of drug-likeness (QED) is 0.367. The van der Waals surface area contributed by atoms with E-state index in [-0.39, 0.29) is 18.0 Å². The lowest BCUT2D eigenvalue weighted by molar-refractivity contribution is -0.116. The average molecular weight is 492 g/mol. The number of aromatic nitrogens is 4. The fraction of sp³-hybridized carbons (Fsp3) is 0.125. The molecule has 8 nitrogen and oxygen atoms in total. The van der Waals surface area contributed by atoms with Gasteiger partial charge in [0.1, 0.15) is 11.4 Å². The fourth-order valence-corrected chi connectivity index (χ4v) is 4.69. The predicted molar refractivity (Wildman–Crippen MR) is 132 cm³/mol. The molecule has 3 heterocycles. The maximum absolute atomic E-state index is 13.2. The van der Waals surface area contributed by atoms with Crippen LogP contribution in [-0.4, -0.2) is 25.6 Å². The molecule has 3 aromatic heterocycles. The van der Waals surface area contributed by atoms with Crippen molar-refractivity contribution in [1.82, 2.24) is 19.7 Å². The summed E-state index contributed by atoms with van der Waals surface area (Å²) in [6, 6.07) is 14.5. The molecule has 0 aliphatic rings. The second-order valence-corrected chi connectivity index (χ2v) is 9.19. The van der Waals surface area contributed by atoms with Gasteiger partial charge in [0.15, 0.2) is 0 Å². The van der Waals surface area contributed by atoms with Crippen LogP contribution in [0.5, 0.6) is 0 Å². The van der Waals surface area contributed by atoms with Crippen molar-refractivity contribution < 1.29 is 9.32 Å². The molecule has 0 fully saturated rings. The van der Waals surface area contributed by atoms with E-state index < -0.39 is 0 Å². The molecule has 0 atom stereocenters. The van der Waals surface area contributed by atoms with Crippen molar-refractivity contribution in [2.75, 3.05) is 5.32 Å². The molecule has 5 rings (SSSR count). The number of thiophene rings is 1. The molecular formula is C24H18ClN5O3S. The van der Waals surface area contributed by atoms with E-state index in [1.54, 1.807) is 31.2 Å². The topological polar surface area (TPSA) is 103 Å². The van der Waals surface area contributed by atoms with E-state index in [1.807, 2.05) is 31.2 Å². The van der Waals surface area contributed by atoms with Crippen molar-refractivity contribution >= 4 is 44.7 Å². The smallest absolute Gasteiger partial charge is 0.268 e. The number of benzene rings is 2. The Balaban J connectivity index is 1.43. The molecule has 0 aliphatic heterocycles. The van der Waals surface area contributed by atoms with Gasteiger partial charge in [-0.15, -0.1) is 11.3 Å². The SMILES string of the molecule is Cc1ccc(NC(=O)Cn2cnc3sc(-c4nc(-c5ccc(Cl)cc5)no4)c(C)c3c2=O)cc1. The van der Waals surface area contributed by atoms with Gasteiger partial charge < -0.3 is 9.84 Å². The van der Waals surface area contributed by atoms with Crippen LogP contribution in [0.3, 0.4) is 0 Å². The molecule has 0 bridgehead atoms. The summed E-state index contributed by atoms with van der Waals surface area (Å²) in [6.45, 7) is 3.62. The average Bonchev–Trinajstić information content (AvgIpc) is 3.43. The summed E-state index contributed by atoms with van der Waals surface area (Å²) in [5, 5.41) is 7.89. The number of aryl methyl sites for hydroxylation is 2. The van der Waals surface area contributed by atoms with Crippen molar-refractivity contribution in [3.05, 3.63) is 81.4 Å². The number of nitrogens with one attached hydrogen (secondary N) is 1. The number of fused-ring (bicyclic) bond motifs is 1. The first-order valence-electron chi connectivity index (χ1n) is 10.3. The van der Waals surface area contributed by atoms with Gasteiger partial charge in [-0.2, -0.15) is 4.98 Å². The van der Waals surface area contributed by atoms with E-state index in [0.717, 1.165) is 11.1 Å². The van der Waals surface area contributed by atoms with Crippen LogP contribution < -0.4 is 10.9 Å². The Kier molecular flexibility index (Phi) is 5.72. The molecule has 0 aliphatic carbocycles. The number of carbonyl (C=O) groups excluding carboxylic acids is 1. The van der Waals surface area contributed by atoms with Gasteiger partial charge in [-0.3, -0.25) is 14.2 Å². The number of hydrogen-bond acceptors (Lipinski definition) is 7. The highest BCUT2D eigenvalue weighted by Gasteiger charge is 2.21. The Morgan fingerprint density at radius 2 is 1.85 bits per heavy atom. The van der Waals surface area contributed by atoms with Gasteiger partial charge in [0.05, 0.1) is 16.6 Å². The van der Waals surface area contributed by atoms with Crippen molar-refractivity contribution in [2.45, 2.75) is 20.4 Å². The minimum absolute atomic E-state index is 0.151. The van der Waals surface area contributed by atoms with Gasteiger partial charge in [0.25, 0.3) is 11.4 Å². The van der Waals surface area contributed by atoms with E-state index in [2.05, 4.69) is 20.4 Å². The van der Waals surface area contributed by atoms with Gasteiger partial charge in [-0.25, -0.2) is 4.98 Å². The van der Waals surface area contributed by atoms with Gasteiger partial charge in [0.2, 0.25) is 11.7 Å². The van der Waals surface area contributed by atoms with E-state index >= 15 is 0 Å². The zero-order valence-electron chi connectivity index (χ0n) is 18.2. The lowest BCUT2D eigenvalue weighted by Crippen LogP contribution is -2.27. The fourth-order valence-electron chi connectivity index (χ4n) is 3.50. The van der Waals surface area contributed by atoms with Crippen molar-refractivity contribution in [3.8, 4) is 22.2 Å². The molecule has 170 valence electrons. The maximum atomic E-state index is 13.2. The first-order chi connectivity index (χ1) is 16.4. The molecule has 0 radical (unpaired) electrons. The van der Waals surface area contributed by atoms with Crippen LogP contribution in [0, 0.1) is 13.8 Å². The summed E-state index contributed by atoms with van der Waals surface area (Å²) < 4.78 is 6.76. The number of hydrogen-bond donors (Lipinski definition) is 1. The molecule has 0 saturated heterocycles. The largest absolute Gasteiger partial charge is 0.333 e. The second-order valence-electron chi connectivity index (χ2n) is 7.76. The molecule has 10 heteroatoms. The van der Waals surface area contributed by atoms with Gasteiger partial charge in [-0.1, -0.05) is 34.5 Å². The zero-order valence-corrected chi connectivity index (χ0v) is 19.8. The summed E-state index contributed by atoms with van der Waals surface area (Å²) in [5.74, 6) is 0.403. The first-order valence-corrected chi connectivity index (χ1v) is 11.5. The molecule has 34 heavy (non-hydrogen) atoms. The van der Waals surface area contributed by atoms with E-state index in [4.69, 9.17) is 16.1 Å². The van der Waals surface area contributed by atoms with Crippen molar-refractivity contribution in [2.24, 2.45) is 0 Å². The van der Waals surface area contributed by atoms with Gasteiger partial charge in [-0.05, 0) is 55.8 Å². The maximum Gasteiger partial charge on any atom is 0.268 e. The minimum atomic E-state index is -0.315. The molecule has 0 spiro atoms. The number of rotatable bonds is 5. The monoisotopic (exact) mass is 491 g/mol. The number of halogens is 1. The molecule has 1 amide bonds. The number of amides is 1. The molecule has 2 aromatic carbocycles. The van der Waals surface area contributed by atoms with Crippen LogP contribution in [0.25, 0.3) is 32.4 Å². The lowest BCUT2D eigenvalue weighted by Gasteiger charge is -2.07. The second kappa shape index (κ2) is 8.85. The molecular weight excluding hydrogens is 474 g/mol. The lowest BCUT2D eigenvalue weighted by atomic mass is 10.2. The highest BCUT2D eigenvalue weighted by molar-refractivity contribution is 7.22. The Bertz CT molecular complexity index is 1570. The van der Waals surface area contributed by atoms with Crippen LogP contribution in [0.15, 0.2) is 64.2 Å². The Hall–Kier alpha value is -3.82. The van der Waals surface area contributed by atoms with Crippen molar-refractivity contribution in [3.63, 3.8) is 0 Å². The Morgan fingerprint density at radius 1 is 1.12 bits per heavy atom. The summed E-state index contributed by atoms with van der Waals surface area (Å²) in [4.78, 5) is 35.7. The Labute approximate surface area is 202 Å². The molecule has 0 saturated carbocycles. The third kappa shape index (κ3) is 4.23. The summed E-state index contributed by atoms with van der Waals surface area (Å²) in [7, 11) is 0. The van der Waals surface area contributed by atoms with E-state index in [0.29, 0.717) is 43.1 Å². The van der Waals surface area contributed by atoms with Crippen LogP contribution in [-0.2, 0) is 11.3 Å². The third-order valence-corrected chi connectivity index (χ3v) is 6.73. The van der Waals surface area contributed by atoms with Crippen molar-refractivity contribution in [1.29, 1.82) is 0 Å². The summed E-state index contributed by atoms with van der Waals surface area (Å²) in [5.41, 5.74) is 2.89. The first kappa shape index (κ1) is 22.0. The van der Waals surface area contributed by atoms with Gasteiger partial charge >= 0.3 is 0 Å². The highest BCUT2D eigenvalue weighted by atomic mass is 35.5. The Morgan fingerprint density at radius 3 is 2.59 bits per heavy atom. The molecule has 0 unspecified atom stereocenters. The third-order valence-electron chi connectivity index (χ3n) is 5.29. The number of nitrogens with zero attached hydrogens (tertiary/aromatic N) is 4. The van der Waals surface area contributed by atoms with Crippen LogP contribution >= 0.6 is 22.9 Å². The van der Waals surface area contributed by atoms with Crippen LogP contribution in [0.1, 0.15) is 11.1 Å². The number of anilines is 1. The molecule has 5 aromatic rings. The molecule has 1 N–H and O–H groups in total. The van der Waals surface area contributed by atoms with Crippen LogP contribution in [0.4, 0.5) is 5.69 Å². The predicted octanol–water partition coefficient (Wildman–Crippen LogP) is 5.08. The number of carbonyl (C=O) groups is 1. The minimum Gasteiger partial charge on any atom is -0.333 e. The summed E-state index contributed by atoms with van der Waals surface area (Å²) >= 11 is 7.24. The highest BCUT2D eigenvalue weighted by Crippen LogP contribution is 2.35. The van der Waals surface area contributed by atoms with E-state index in [9.17, 15) is 9.59 Å². The zero-order chi connectivity index (χ0) is 23.8. The van der Waals surface area contributed by atoms with Crippen LogP contribution in [0.2, 0.25) is 5.02 Å². The standard InChI is InChI=1S/C24H18ClN5O3S/c1-13-3-9-17(10-4-13)27-18(31)11-30-12-26-23-19(24(30)32)14(2)20(34-23)22-28-21(29-33-22)15-5-7-16(25)8-6-15/h3-10,12H,11H2,1-2H3,(H,27,31). The normalized spacial score (nSPS) is 11.1.